The average molecular weight is 302 g/mol. The molecule has 1 aromatic heterocycles. The van der Waals surface area contributed by atoms with E-state index in [1.54, 1.807) is 0 Å². The molecule has 1 heterocycles. The Bertz CT molecular complexity index is 637. The van der Waals surface area contributed by atoms with Crippen LogP contribution >= 0.6 is 0 Å². The number of nitrogens with one attached hydrogen (secondary N) is 1. The van der Waals surface area contributed by atoms with Gasteiger partial charge in [0.15, 0.2) is 5.69 Å². The number of rotatable bonds is 4. The van der Waals surface area contributed by atoms with E-state index in [-0.39, 0.29) is 17.0 Å². The Kier molecular flexibility index (Phi) is 3.85. The standard InChI is InChI=1S/C12H9F3N2O4/c13-12(14,15)21-7-3-1-6(2-4-7)10(18)8-9(11(19)20)17-5-16-8/h1-5,10,18H,(H,16,17)(H,19,20). The number of aromatic amines is 1. The molecule has 0 bridgehead atoms. The number of hydrogen-bond donors (Lipinski definition) is 3. The molecular weight excluding hydrogens is 293 g/mol. The van der Waals surface area contributed by atoms with Crippen molar-refractivity contribution in [2.75, 3.05) is 0 Å². The number of ether oxygens (including phenoxy) is 1. The Balaban J connectivity index is 2.22. The minimum atomic E-state index is -4.81. The van der Waals surface area contributed by atoms with Crippen LogP contribution in [0, 0.1) is 0 Å². The predicted octanol–water partition coefficient (Wildman–Crippen LogP) is 2.09. The highest BCUT2D eigenvalue weighted by Crippen LogP contribution is 2.27. The Morgan fingerprint density at radius 1 is 1.29 bits per heavy atom. The SMILES string of the molecule is O=C(O)c1nc[nH]c1C(O)c1ccc(OC(F)(F)F)cc1. The van der Waals surface area contributed by atoms with E-state index >= 15 is 0 Å². The first-order valence-electron chi connectivity index (χ1n) is 5.58. The van der Waals surface area contributed by atoms with Crippen LogP contribution in [-0.2, 0) is 0 Å². The first-order chi connectivity index (χ1) is 9.78. The second-order valence-corrected chi connectivity index (χ2v) is 3.99. The van der Waals surface area contributed by atoms with Crippen LogP contribution in [0.15, 0.2) is 30.6 Å². The smallest absolute Gasteiger partial charge is 0.476 e. The summed E-state index contributed by atoms with van der Waals surface area (Å²) in [6.45, 7) is 0. The molecule has 0 aliphatic heterocycles. The lowest BCUT2D eigenvalue weighted by Gasteiger charge is -2.12. The van der Waals surface area contributed by atoms with Gasteiger partial charge >= 0.3 is 12.3 Å². The Hall–Kier alpha value is -2.55. The summed E-state index contributed by atoms with van der Waals surface area (Å²) in [5.74, 6) is -1.77. The fourth-order valence-corrected chi connectivity index (χ4v) is 1.70. The molecule has 0 aliphatic carbocycles. The third-order valence-corrected chi connectivity index (χ3v) is 2.57. The highest BCUT2D eigenvalue weighted by Gasteiger charge is 2.31. The number of aliphatic hydroxyl groups excluding tert-OH is 1. The normalized spacial score (nSPS) is 13.0. The first-order valence-corrected chi connectivity index (χ1v) is 5.58. The number of aromatic carboxylic acids is 1. The number of aromatic nitrogens is 2. The van der Waals surface area contributed by atoms with Crippen LogP contribution in [-0.4, -0.2) is 32.5 Å². The summed E-state index contributed by atoms with van der Waals surface area (Å²) in [7, 11) is 0. The molecule has 0 amide bonds. The third-order valence-electron chi connectivity index (χ3n) is 2.57. The maximum Gasteiger partial charge on any atom is 0.573 e. The number of alkyl halides is 3. The van der Waals surface area contributed by atoms with E-state index in [4.69, 9.17) is 5.11 Å². The van der Waals surface area contributed by atoms with Crippen LogP contribution in [0.25, 0.3) is 0 Å². The summed E-state index contributed by atoms with van der Waals surface area (Å²) >= 11 is 0. The molecule has 2 aromatic rings. The third kappa shape index (κ3) is 3.51. The number of carboxylic acids is 1. The Labute approximate surface area is 115 Å². The minimum Gasteiger partial charge on any atom is -0.476 e. The highest BCUT2D eigenvalue weighted by atomic mass is 19.4. The molecule has 1 aromatic carbocycles. The zero-order valence-electron chi connectivity index (χ0n) is 10.3. The fourth-order valence-electron chi connectivity index (χ4n) is 1.70. The minimum absolute atomic E-state index is 0.0630. The molecule has 0 fully saturated rings. The number of aliphatic hydroxyl groups is 1. The van der Waals surface area contributed by atoms with Crippen LogP contribution in [0.1, 0.15) is 27.8 Å². The van der Waals surface area contributed by atoms with E-state index in [0.29, 0.717) is 0 Å². The monoisotopic (exact) mass is 302 g/mol. The van der Waals surface area contributed by atoms with E-state index in [1.165, 1.54) is 12.1 Å². The van der Waals surface area contributed by atoms with E-state index in [2.05, 4.69) is 14.7 Å². The van der Waals surface area contributed by atoms with Crippen LogP contribution in [0.2, 0.25) is 0 Å². The second-order valence-electron chi connectivity index (χ2n) is 3.99. The van der Waals surface area contributed by atoms with Gasteiger partial charge in [0.25, 0.3) is 0 Å². The van der Waals surface area contributed by atoms with Gasteiger partial charge in [-0.15, -0.1) is 13.2 Å². The molecule has 0 saturated heterocycles. The number of carbonyl (C=O) groups is 1. The topological polar surface area (TPSA) is 95.4 Å². The molecule has 21 heavy (non-hydrogen) atoms. The molecule has 3 N–H and O–H groups in total. The summed E-state index contributed by atoms with van der Waals surface area (Å²) in [6.07, 6.45) is -5.07. The average Bonchev–Trinajstić information content (AvgIpc) is 2.86. The molecule has 0 radical (unpaired) electrons. The fraction of sp³-hybridized carbons (Fsp3) is 0.167. The maximum absolute atomic E-state index is 12.0. The van der Waals surface area contributed by atoms with Crippen molar-refractivity contribution in [3.63, 3.8) is 0 Å². The molecule has 112 valence electrons. The van der Waals surface area contributed by atoms with E-state index in [1.807, 2.05) is 0 Å². The van der Waals surface area contributed by atoms with Gasteiger partial charge < -0.3 is 19.9 Å². The van der Waals surface area contributed by atoms with Crippen molar-refractivity contribution in [1.82, 2.24) is 9.97 Å². The number of halogens is 3. The number of imidazole rings is 1. The van der Waals surface area contributed by atoms with Crippen molar-refractivity contribution in [2.24, 2.45) is 0 Å². The molecule has 1 unspecified atom stereocenters. The number of benzene rings is 1. The van der Waals surface area contributed by atoms with E-state index < -0.39 is 24.2 Å². The van der Waals surface area contributed by atoms with Gasteiger partial charge in [0.05, 0.1) is 12.0 Å². The van der Waals surface area contributed by atoms with Gasteiger partial charge in [-0.05, 0) is 17.7 Å². The van der Waals surface area contributed by atoms with Gasteiger partial charge in [0.1, 0.15) is 11.9 Å². The molecular formula is C12H9F3N2O4. The van der Waals surface area contributed by atoms with Crippen molar-refractivity contribution in [3.05, 3.63) is 47.5 Å². The van der Waals surface area contributed by atoms with E-state index in [0.717, 1.165) is 18.5 Å². The van der Waals surface area contributed by atoms with Gasteiger partial charge in [-0.2, -0.15) is 0 Å². The van der Waals surface area contributed by atoms with Crippen molar-refractivity contribution >= 4 is 5.97 Å². The summed E-state index contributed by atoms with van der Waals surface area (Å²) in [6, 6.07) is 4.42. The molecule has 2 rings (SSSR count). The van der Waals surface area contributed by atoms with Crippen LogP contribution < -0.4 is 4.74 Å². The predicted molar refractivity (Wildman–Crippen MR) is 62.7 cm³/mol. The second kappa shape index (κ2) is 5.44. The van der Waals surface area contributed by atoms with Gasteiger partial charge in [-0.3, -0.25) is 0 Å². The first kappa shape index (κ1) is 14.9. The Morgan fingerprint density at radius 3 is 2.43 bits per heavy atom. The highest BCUT2D eigenvalue weighted by molar-refractivity contribution is 5.86. The molecule has 6 nitrogen and oxygen atoms in total. The van der Waals surface area contributed by atoms with Crippen LogP contribution in [0.5, 0.6) is 5.75 Å². The van der Waals surface area contributed by atoms with Gasteiger partial charge in [0.2, 0.25) is 0 Å². The molecule has 1 atom stereocenters. The zero-order valence-corrected chi connectivity index (χ0v) is 10.3. The lowest BCUT2D eigenvalue weighted by Crippen LogP contribution is -2.17. The van der Waals surface area contributed by atoms with Gasteiger partial charge in [-0.1, -0.05) is 12.1 Å². The van der Waals surface area contributed by atoms with Crippen molar-refractivity contribution < 1.29 is 32.9 Å². The molecule has 0 spiro atoms. The summed E-state index contributed by atoms with van der Waals surface area (Å²) < 4.78 is 39.7. The maximum atomic E-state index is 12.0. The molecule has 0 saturated carbocycles. The molecule has 0 aliphatic rings. The summed E-state index contributed by atoms with van der Waals surface area (Å²) in [5.41, 5.74) is -0.235. The zero-order chi connectivity index (χ0) is 15.6. The Morgan fingerprint density at radius 2 is 1.90 bits per heavy atom. The number of hydrogen-bond acceptors (Lipinski definition) is 4. The van der Waals surface area contributed by atoms with Crippen molar-refractivity contribution in [2.45, 2.75) is 12.5 Å². The van der Waals surface area contributed by atoms with Gasteiger partial charge in [-0.25, -0.2) is 9.78 Å². The van der Waals surface area contributed by atoms with Crippen molar-refractivity contribution in [3.8, 4) is 5.75 Å². The van der Waals surface area contributed by atoms with Crippen molar-refractivity contribution in [1.29, 1.82) is 0 Å². The quantitative estimate of drug-likeness (QED) is 0.803. The van der Waals surface area contributed by atoms with Gasteiger partial charge in [0, 0.05) is 0 Å². The summed E-state index contributed by atoms with van der Waals surface area (Å²) in [5, 5.41) is 18.9. The van der Waals surface area contributed by atoms with Crippen LogP contribution in [0.3, 0.4) is 0 Å². The lowest BCUT2D eigenvalue weighted by molar-refractivity contribution is -0.274. The largest absolute Gasteiger partial charge is 0.573 e. The number of carboxylic acid groups (broad SMARTS) is 1. The lowest BCUT2D eigenvalue weighted by atomic mass is 10.1. The number of nitrogens with zero attached hydrogens (tertiary/aromatic N) is 1. The summed E-state index contributed by atoms with van der Waals surface area (Å²) in [4.78, 5) is 16.9. The molecule has 9 heteroatoms. The van der Waals surface area contributed by atoms with E-state index in [9.17, 15) is 23.1 Å². The van der Waals surface area contributed by atoms with Crippen LogP contribution in [0.4, 0.5) is 13.2 Å². The number of H-pyrrole nitrogens is 1.